The summed E-state index contributed by atoms with van der Waals surface area (Å²) in [6.45, 7) is 0. The second-order valence-electron chi connectivity index (χ2n) is 5.14. The highest BCUT2D eigenvalue weighted by Gasteiger charge is 2.27. The molecular weight excluding hydrogens is 244 g/mol. The van der Waals surface area contributed by atoms with Gasteiger partial charge in [-0.25, -0.2) is 0 Å². The molecule has 3 rings (SSSR count). The molecule has 0 unspecified atom stereocenters. The molecule has 0 radical (unpaired) electrons. The van der Waals surface area contributed by atoms with Crippen molar-refractivity contribution in [3.8, 4) is 0 Å². The topological polar surface area (TPSA) is 20.2 Å². The second kappa shape index (κ2) is 4.91. The van der Waals surface area contributed by atoms with Crippen LogP contribution in [0.3, 0.4) is 0 Å². The van der Waals surface area contributed by atoms with E-state index in [-0.39, 0.29) is 12.0 Å². The van der Waals surface area contributed by atoms with Crippen LogP contribution in [0.4, 0.5) is 0 Å². The molecule has 0 spiro atoms. The van der Waals surface area contributed by atoms with Crippen LogP contribution in [0.1, 0.15) is 37.2 Å². The predicted octanol–water partition coefficient (Wildman–Crippen LogP) is 4.51. The van der Waals surface area contributed by atoms with Gasteiger partial charge in [-0.3, -0.25) is 0 Å². The van der Waals surface area contributed by atoms with Crippen molar-refractivity contribution in [3.05, 3.63) is 47.0 Å². The van der Waals surface area contributed by atoms with Crippen molar-refractivity contribution in [1.29, 1.82) is 0 Å². The van der Waals surface area contributed by atoms with E-state index >= 15 is 0 Å². The van der Waals surface area contributed by atoms with Crippen molar-refractivity contribution >= 4 is 22.4 Å². The van der Waals surface area contributed by atoms with Crippen LogP contribution < -0.4 is 0 Å². The lowest BCUT2D eigenvalue weighted by Crippen LogP contribution is -2.23. The van der Waals surface area contributed by atoms with Crippen molar-refractivity contribution in [2.75, 3.05) is 0 Å². The molecule has 1 aliphatic rings. The molecule has 2 aromatic rings. The van der Waals surface area contributed by atoms with E-state index in [9.17, 15) is 5.11 Å². The summed E-state index contributed by atoms with van der Waals surface area (Å²) in [5.74, 6) is 0.192. The molecule has 94 valence electrons. The van der Waals surface area contributed by atoms with Gasteiger partial charge in [-0.15, -0.1) is 0 Å². The normalized spacial score (nSPS) is 24.3. The fourth-order valence-corrected chi connectivity index (χ4v) is 3.40. The quantitative estimate of drug-likeness (QED) is 0.800. The van der Waals surface area contributed by atoms with Crippen LogP contribution in [0.5, 0.6) is 0 Å². The van der Waals surface area contributed by atoms with Gasteiger partial charge in [0.25, 0.3) is 0 Å². The van der Waals surface area contributed by atoms with Crippen LogP contribution in [0.15, 0.2) is 36.4 Å². The van der Waals surface area contributed by atoms with Crippen LogP contribution in [0, 0.1) is 0 Å². The molecule has 1 fully saturated rings. The Labute approximate surface area is 112 Å². The van der Waals surface area contributed by atoms with Crippen molar-refractivity contribution in [3.63, 3.8) is 0 Å². The average Bonchev–Trinajstić information content (AvgIpc) is 2.40. The third kappa shape index (κ3) is 2.02. The zero-order valence-electron chi connectivity index (χ0n) is 10.3. The zero-order valence-corrected chi connectivity index (χ0v) is 11.0. The standard InChI is InChI=1S/C16H17ClO/c17-14-10-9-11-5-1-2-6-12(11)16(14)13-7-3-4-8-15(13)18/h1-2,5-6,9-10,13,15,18H,3-4,7-8H2/t13-,15+/m1/s1. The number of halogens is 1. The first-order valence-corrected chi connectivity index (χ1v) is 7.00. The molecule has 0 heterocycles. The van der Waals surface area contributed by atoms with Crippen LogP contribution in [-0.4, -0.2) is 11.2 Å². The Morgan fingerprint density at radius 3 is 2.61 bits per heavy atom. The highest BCUT2D eigenvalue weighted by Crippen LogP contribution is 2.40. The highest BCUT2D eigenvalue weighted by atomic mass is 35.5. The van der Waals surface area contributed by atoms with E-state index in [0.717, 1.165) is 29.8 Å². The minimum Gasteiger partial charge on any atom is -0.392 e. The van der Waals surface area contributed by atoms with Crippen molar-refractivity contribution < 1.29 is 5.11 Å². The summed E-state index contributed by atoms with van der Waals surface area (Å²) in [6.07, 6.45) is 3.99. The molecule has 0 amide bonds. The molecule has 2 atom stereocenters. The van der Waals surface area contributed by atoms with Gasteiger partial charge >= 0.3 is 0 Å². The van der Waals surface area contributed by atoms with Crippen LogP contribution >= 0.6 is 11.6 Å². The number of aliphatic hydroxyl groups is 1. The summed E-state index contributed by atoms with van der Waals surface area (Å²) in [5, 5.41) is 13.4. The number of rotatable bonds is 1. The first-order valence-electron chi connectivity index (χ1n) is 6.62. The van der Waals surface area contributed by atoms with E-state index in [1.165, 1.54) is 17.2 Å². The van der Waals surface area contributed by atoms with Gasteiger partial charge in [0.2, 0.25) is 0 Å². The maximum atomic E-state index is 10.2. The molecule has 0 saturated heterocycles. The summed E-state index contributed by atoms with van der Waals surface area (Å²) in [7, 11) is 0. The molecule has 0 bridgehead atoms. The van der Waals surface area contributed by atoms with Crippen molar-refractivity contribution in [2.24, 2.45) is 0 Å². The summed E-state index contributed by atoms with van der Waals surface area (Å²) in [4.78, 5) is 0. The summed E-state index contributed by atoms with van der Waals surface area (Å²) in [6, 6.07) is 12.3. The molecule has 1 N–H and O–H groups in total. The Kier molecular flexibility index (Phi) is 3.27. The summed E-state index contributed by atoms with van der Waals surface area (Å²) < 4.78 is 0. The fraction of sp³-hybridized carbons (Fsp3) is 0.375. The number of benzene rings is 2. The molecule has 18 heavy (non-hydrogen) atoms. The van der Waals surface area contributed by atoms with E-state index < -0.39 is 0 Å². The maximum absolute atomic E-state index is 10.2. The first kappa shape index (κ1) is 12.0. The van der Waals surface area contributed by atoms with Gasteiger partial charge in [0.05, 0.1) is 6.10 Å². The molecule has 0 aromatic heterocycles. The minimum absolute atomic E-state index is 0.192. The Morgan fingerprint density at radius 2 is 1.78 bits per heavy atom. The molecule has 1 saturated carbocycles. The van der Waals surface area contributed by atoms with E-state index in [2.05, 4.69) is 18.2 Å². The van der Waals surface area contributed by atoms with Gasteiger partial charge in [-0.2, -0.15) is 0 Å². The van der Waals surface area contributed by atoms with E-state index in [1.807, 2.05) is 18.2 Å². The van der Waals surface area contributed by atoms with Crippen molar-refractivity contribution in [1.82, 2.24) is 0 Å². The SMILES string of the molecule is O[C@H]1CCCC[C@H]1c1c(Cl)ccc2ccccc12. The number of hydrogen-bond acceptors (Lipinski definition) is 1. The van der Waals surface area contributed by atoms with E-state index in [1.54, 1.807) is 0 Å². The highest BCUT2D eigenvalue weighted by molar-refractivity contribution is 6.32. The van der Waals surface area contributed by atoms with E-state index in [0.29, 0.717) is 0 Å². The van der Waals surface area contributed by atoms with Crippen LogP contribution in [0.2, 0.25) is 5.02 Å². The maximum Gasteiger partial charge on any atom is 0.0609 e. The number of hydrogen-bond donors (Lipinski definition) is 1. The lowest BCUT2D eigenvalue weighted by Gasteiger charge is -2.29. The van der Waals surface area contributed by atoms with E-state index in [4.69, 9.17) is 11.6 Å². The van der Waals surface area contributed by atoms with Crippen LogP contribution in [0.25, 0.3) is 10.8 Å². The monoisotopic (exact) mass is 260 g/mol. The molecule has 1 aliphatic carbocycles. The number of fused-ring (bicyclic) bond motifs is 1. The van der Waals surface area contributed by atoms with Gasteiger partial charge in [0.15, 0.2) is 0 Å². The van der Waals surface area contributed by atoms with Crippen LogP contribution in [-0.2, 0) is 0 Å². The Bertz CT molecular complexity index is 564. The van der Waals surface area contributed by atoms with Crippen molar-refractivity contribution in [2.45, 2.75) is 37.7 Å². The molecule has 1 nitrogen and oxygen atoms in total. The van der Waals surface area contributed by atoms with Gasteiger partial charge < -0.3 is 5.11 Å². The van der Waals surface area contributed by atoms with Gasteiger partial charge in [-0.1, -0.05) is 54.8 Å². The molecule has 0 aliphatic heterocycles. The lowest BCUT2D eigenvalue weighted by molar-refractivity contribution is 0.107. The lowest BCUT2D eigenvalue weighted by atomic mass is 9.80. The zero-order chi connectivity index (χ0) is 12.5. The fourth-order valence-electron chi connectivity index (χ4n) is 3.09. The van der Waals surface area contributed by atoms with Gasteiger partial charge in [0.1, 0.15) is 0 Å². The predicted molar refractivity (Wildman–Crippen MR) is 76.2 cm³/mol. The third-order valence-electron chi connectivity index (χ3n) is 4.02. The van der Waals surface area contributed by atoms with Gasteiger partial charge in [0, 0.05) is 10.9 Å². The molecular formula is C16H17ClO. The third-order valence-corrected chi connectivity index (χ3v) is 4.35. The summed E-state index contributed by atoms with van der Waals surface area (Å²) in [5.41, 5.74) is 1.14. The minimum atomic E-state index is -0.248. The Balaban J connectivity index is 2.17. The largest absolute Gasteiger partial charge is 0.392 e. The van der Waals surface area contributed by atoms with Gasteiger partial charge in [-0.05, 0) is 35.2 Å². The smallest absolute Gasteiger partial charge is 0.0609 e. The first-order chi connectivity index (χ1) is 8.77. The summed E-state index contributed by atoms with van der Waals surface area (Å²) >= 11 is 6.39. The second-order valence-corrected chi connectivity index (χ2v) is 5.55. The molecule has 2 heteroatoms. The Hall–Kier alpha value is -1.05. The molecule has 2 aromatic carbocycles. The number of aliphatic hydroxyl groups excluding tert-OH is 1. The average molecular weight is 261 g/mol. The Morgan fingerprint density at radius 1 is 1.00 bits per heavy atom.